The lowest BCUT2D eigenvalue weighted by molar-refractivity contribution is -0.116. The van der Waals surface area contributed by atoms with Crippen LogP contribution in [0.5, 0.6) is 0 Å². The van der Waals surface area contributed by atoms with Crippen LogP contribution >= 0.6 is 11.3 Å². The largest absolute Gasteiger partial charge is 0.316 e. The van der Waals surface area contributed by atoms with Gasteiger partial charge in [0.05, 0.1) is 11.5 Å². The molecule has 0 bridgehead atoms. The molecule has 3 nitrogen and oxygen atoms in total. The third-order valence-electron chi connectivity index (χ3n) is 5.55. The molecule has 0 spiro atoms. The van der Waals surface area contributed by atoms with Crippen molar-refractivity contribution in [3.8, 4) is 6.07 Å². The van der Waals surface area contributed by atoms with E-state index >= 15 is 0 Å². The molecule has 2 aromatic carbocycles. The Balaban J connectivity index is 1.68. The van der Waals surface area contributed by atoms with Crippen molar-refractivity contribution >= 4 is 22.2 Å². The molecule has 1 heterocycles. The smallest absolute Gasteiger partial charge is 0.237 e. The van der Waals surface area contributed by atoms with Crippen molar-refractivity contribution in [3.05, 3.63) is 87.8 Å². The van der Waals surface area contributed by atoms with Crippen LogP contribution in [0.4, 0.5) is 5.00 Å². The number of rotatable bonds is 4. The lowest BCUT2D eigenvalue weighted by atomic mass is 9.90. The Kier molecular flexibility index (Phi) is 6.07. The fourth-order valence-electron chi connectivity index (χ4n) is 4.10. The van der Waals surface area contributed by atoms with E-state index in [2.05, 4.69) is 11.4 Å². The van der Waals surface area contributed by atoms with Gasteiger partial charge in [-0.05, 0) is 42.4 Å². The van der Waals surface area contributed by atoms with Crippen molar-refractivity contribution in [2.24, 2.45) is 0 Å². The Labute approximate surface area is 176 Å². The van der Waals surface area contributed by atoms with Crippen molar-refractivity contribution in [2.75, 3.05) is 5.32 Å². The van der Waals surface area contributed by atoms with Gasteiger partial charge in [0.1, 0.15) is 11.1 Å². The number of fused-ring (bicyclic) bond motifs is 1. The van der Waals surface area contributed by atoms with Crippen LogP contribution in [0.1, 0.15) is 58.7 Å². The number of anilines is 1. The lowest BCUT2D eigenvalue weighted by Gasteiger charge is -2.17. The van der Waals surface area contributed by atoms with Gasteiger partial charge < -0.3 is 5.32 Å². The highest BCUT2D eigenvalue weighted by molar-refractivity contribution is 7.16. The van der Waals surface area contributed by atoms with Crippen LogP contribution in [-0.2, 0) is 17.6 Å². The molecule has 1 N–H and O–H groups in total. The molecule has 0 radical (unpaired) electrons. The van der Waals surface area contributed by atoms with Crippen LogP contribution in [0.2, 0.25) is 0 Å². The number of nitriles is 1. The first-order valence-corrected chi connectivity index (χ1v) is 11.0. The second kappa shape index (κ2) is 9.07. The Hall–Kier alpha value is -2.90. The highest BCUT2D eigenvalue weighted by Gasteiger charge is 2.26. The zero-order chi connectivity index (χ0) is 20.1. The quantitative estimate of drug-likeness (QED) is 0.579. The van der Waals surface area contributed by atoms with Crippen molar-refractivity contribution in [3.63, 3.8) is 0 Å². The van der Waals surface area contributed by atoms with E-state index in [1.165, 1.54) is 17.7 Å². The molecule has 0 unspecified atom stereocenters. The molecule has 4 heteroatoms. The molecule has 1 aliphatic rings. The number of nitrogens with zero attached hydrogens (tertiary/aromatic N) is 1. The predicted octanol–water partition coefficient (Wildman–Crippen LogP) is 6.05. The third-order valence-corrected chi connectivity index (χ3v) is 6.76. The lowest BCUT2D eigenvalue weighted by Crippen LogP contribution is -2.22. The fourth-order valence-corrected chi connectivity index (χ4v) is 5.34. The van der Waals surface area contributed by atoms with E-state index in [1.54, 1.807) is 11.3 Å². The van der Waals surface area contributed by atoms with E-state index in [9.17, 15) is 10.1 Å². The normalized spacial score (nSPS) is 13.8. The second-order valence-electron chi connectivity index (χ2n) is 7.48. The molecule has 0 atom stereocenters. The van der Waals surface area contributed by atoms with Crippen molar-refractivity contribution in [1.29, 1.82) is 5.26 Å². The van der Waals surface area contributed by atoms with Gasteiger partial charge in [-0.1, -0.05) is 73.5 Å². The van der Waals surface area contributed by atoms with Crippen LogP contribution in [-0.4, -0.2) is 5.91 Å². The van der Waals surface area contributed by atoms with Crippen molar-refractivity contribution in [2.45, 2.75) is 44.4 Å². The summed E-state index contributed by atoms with van der Waals surface area (Å²) in [5.41, 5.74) is 3.72. The Bertz CT molecular complexity index is 979. The monoisotopic (exact) mass is 400 g/mol. The van der Waals surface area contributed by atoms with Crippen LogP contribution < -0.4 is 5.32 Å². The minimum absolute atomic E-state index is 0.0897. The molecule has 0 saturated heterocycles. The van der Waals surface area contributed by atoms with E-state index in [0.29, 0.717) is 10.6 Å². The number of carbonyl (C=O) groups is 1. The first-order valence-electron chi connectivity index (χ1n) is 10.2. The summed E-state index contributed by atoms with van der Waals surface area (Å²) in [6, 6.07) is 22.0. The first-order chi connectivity index (χ1) is 14.3. The maximum atomic E-state index is 13.4. The molecule has 29 heavy (non-hydrogen) atoms. The molecule has 0 aliphatic heterocycles. The maximum absolute atomic E-state index is 13.4. The number of aryl methyl sites for hydroxylation is 1. The highest BCUT2D eigenvalue weighted by atomic mass is 32.1. The minimum atomic E-state index is -0.409. The fraction of sp³-hybridized carbons (Fsp3) is 0.280. The molecule has 3 aromatic rings. The van der Waals surface area contributed by atoms with Gasteiger partial charge in [-0.2, -0.15) is 5.26 Å². The summed E-state index contributed by atoms with van der Waals surface area (Å²) in [5.74, 6) is -0.498. The van der Waals surface area contributed by atoms with Crippen LogP contribution in [0, 0.1) is 11.3 Å². The van der Waals surface area contributed by atoms with Crippen LogP contribution in [0.25, 0.3) is 0 Å². The molecular formula is C25H24N2OS. The van der Waals surface area contributed by atoms with Crippen LogP contribution in [0.15, 0.2) is 60.7 Å². The topological polar surface area (TPSA) is 52.9 Å². The summed E-state index contributed by atoms with van der Waals surface area (Å²) in [5, 5.41) is 13.6. The Morgan fingerprint density at radius 2 is 1.48 bits per heavy atom. The van der Waals surface area contributed by atoms with Gasteiger partial charge in [0.25, 0.3) is 0 Å². The van der Waals surface area contributed by atoms with E-state index in [4.69, 9.17) is 0 Å². The van der Waals surface area contributed by atoms with E-state index in [0.717, 1.165) is 42.4 Å². The summed E-state index contributed by atoms with van der Waals surface area (Å²) in [7, 11) is 0. The number of nitrogens with one attached hydrogen (secondary N) is 1. The van der Waals surface area contributed by atoms with Gasteiger partial charge >= 0.3 is 0 Å². The SMILES string of the molecule is N#Cc1c(NC(=O)C(c2ccccc2)c2ccccc2)sc2c1CCCCCC2. The van der Waals surface area contributed by atoms with E-state index in [-0.39, 0.29) is 5.91 Å². The molecule has 4 rings (SSSR count). The van der Waals surface area contributed by atoms with Gasteiger partial charge in [-0.25, -0.2) is 0 Å². The van der Waals surface area contributed by atoms with Gasteiger partial charge in [0.15, 0.2) is 0 Å². The number of benzene rings is 2. The van der Waals surface area contributed by atoms with E-state index in [1.807, 2.05) is 60.7 Å². The molecule has 0 fully saturated rings. The molecule has 0 saturated carbocycles. The van der Waals surface area contributed by atoms with Crippen molar-refractivity contribution in [1.82, 2.24) is 0 Å². The summed E-state index contributed by atoms with van der Waals surface area (Å²) in [6.07, 6.45) is 6.67. The first kappa shape index (κ1) is 19.4. The molecule has 146 valence electrons. The number of hydrogen-bond acceptors (Lipinski definition) is 3. The van der Waals surface area contributed by atoms with Crippen LogP contribution in [0.3, 0.4) is 0 Å². The third kappa shape index (κ3) is 4.26. The zero-order valence-corrected chi connectivity index (χ0v) is 17.2. The Morgan fingerprint density at radius 3 is 2.07 bits per heavy atom. The maximum Gasteiger partial charge on any atom is 0.237 e. The average Bonchev–Trinajstić information content (AvgIpc) is 3.05. The molecule has 1 amide bonds. The van der Waals surface area contributed by atoms with Gasteiger partial charge in [-0.3, -0.25) is 4.79 Å². The number of thiophene rings is 1. The van der Waals surface area contributed by atoms with Gasteiger partial charge in [0, 0.05) is 4.88 Å². The summed E-state index contributed by atoms with van der Waals surface area (Å²) in [4.78, 5) is 14.7. The second-order valence-corrected chi connectivity index (χ2v) is 8.58. The summed E-state index contributed by atoms with van der Waals surface area (Å²) >= 11 is 1.59. The minimum Gasteiger partial charge on any atom is -0.316 e. The summed E-state index contributed by atoms with van der Waals surface area (Å²) < 4.78 is 0. The summed E-state index contributed by atoms with van der Waals surface area (Å²) in [6.45, 7) is 0. The zero-order valence-electron chi connectivity index (χ0n) is 16.4. The number of carbonyl (C=O) groups excluding carboxylic acids is 1. The number of hydrogen-bond donors (Lipinski definition) is 1. The van der Waals surface area contributed by atoms with Crippen molar-refractivity contribution < 1.29 is 4.79 Å². The predicted molar refractivity (Wildman–Crippen MR) is 118 cm³/mol. The van der Waals surface area contributed by atoms with E-state index < -0.39 is 5.92 Å². The molecule has 1 aliphatic carbocycles. The standard InChI is InChI=1S/C25H24N2OS/c26-17-21-20-15-9-1-2-10-16-22(20)29-25(21)27-24(28)23(18-11-5-3-6-12-18)19-13-7-4-8-14-19/h3-8,11-14,23H,1-2,9-10,15-16H2,(H,27,28). The number of amides is 1. The Morgan fingerprint density at radius 1 is 0.897 bits per heavy atom. The van der Waals surface area contributed by atoms with Gasteiger partial charge in [0.2, 0.25) is 5.91 Å². The average molecular weight is 401 g/mol. The molecule has 1 aromatic heterocycles. The molecular weight excluding hydrogens is 376 g/mol. The highest BCUT2D eigenvalue weighted by Crippen LogP contribution is 2.37. The van der Waals surface area contributed by atoms with Gasteiger partial charge in [-0.15, -0.1) is 11.3 Å².